The second-order valence-electron chi connectivity index (χ2n) is 5.23. The normalized spacial score (nSPS) is 18.9. The van der Waals surface area contributed by atoms with Gasteiger partial charge in [0.15, 0.2) is 0 Å². The number of carbonyl (C=O) groups excluding carboxylic acids is 1. The van der Waals surface area contributed by atoms with Gasteiger partial charge in [-0.3, -0.25) is 4.79 Å². The van der Waals surface area contributed by atoms with E-state index >= 15 is 0 Å². The number of nitrogens with two attached hydrogens (primary N) is 1. The molecular weight excluding hydrogens is 250 g/mol. The van der Waals surface area contributed by atoms with Gasteiger partial charge in [0, 0.05) is 19.3 Å². The van der Waals surface area contributed by atoms with Gasteiger partial charge in [-0.15, -0.1) is 0 Å². The maximum atomic E-state index is 12.6. The molecular formula is C16H21N3O. The highest BCUT2D eigenvalue weighted by Crippen LogP contribution is 2.18. The molecule has 20 heavy (non-hydrogen) atoms. The van der Waals surface area contributed by atoms with E-state index in [1.54, 1.807) is 12.3 Å². The Morgan fingerprint density at radius 1 is 1.50 bits per heavy atom. The Labute approximate surface area is 120 Å². The predicted octanol–water partition coefficient (Wildman–Crippen LogP) is 1.65. The molecule has 2 rings (SSSR count). The van der Waals surface area contributed by atoms with Crippen molar-refractivity contribution in [2.45, 2.75) is 26.2 Å². The quantitative estimate of drug-likeness (QED) is 0.790. The molecule has 1 fully saturated rings. The summed E-state index contributed by atoms with van der Waals surface area (Å²) in [5.74, 6) is 6.40. The molecule has 1 saturated heterocycles. The van der Waals surface area contributed by atoms with Crippen LogP contribution in [0.3, 0.4) is 0 Å². The molecule has 0 saturated carbocycles. The van der Waals surface area contributed by atoms with Crippen LogP contribution >= 0.6 is 0 Å². The number of hydrogen-bond donors (Lipinski definition) is 1. The van der Waals surface area contributed by atoms with Crippen molar-refractivity contribution in [3.63, 3.8) is 0 Å². The molecule has 4 heteroatoms. The number of pyridine rings is 1. The fourth-order valence-corrected chi connectivity index (χ4v) is 2.44. The Morgan fingerprint density at radius 2 is 2.35 bits per heavy atom. The Bertz CT molecular complexity index is 530. The summed E-state index contributed by atoms with van der Waals surface area (Å²) in [6.45, 7) is 4.14. The standard InChI is InChI=1S/C16H21N3O/c1-13-5-4-11-19(12-8-13)16(20)15-14(6-2-9-17)7-3-10-18-15/h3,7,10,13H,4-5,8-9,11-12,17H2,1H3. The van der Waals surface area contributed by atoms with E-state index in [9.17, 15) is 4.79 Å². The molecule has 2 N–H and O–H groups in total. The Hall–Kier alpha value is -1.86. The number of carbonyl (C=O) groups is 1. The minimum absolute atomic E-state index is 0.0129. The van der Waals surface area contributed by atoms with E-state index < -0.39 is 0 Å². The Balaban J connectivity index is 2.20. The van der Waals surface area contributed by atoms with Gasteiger partial charge in [-0.1, -0.05) is 18.8 Å². The summed E-state index contributed by atoms with van der Waals surface area (Å²) >= 11 is 0. The fraction of sp³-hybridized carbons (Fsp3) is 0.500. The molecule has 106 valence electrons. The average Bonchev–Trinajstić information content (AvgIpc) is 2.69. The molecule has 0 radical (unpaired) electrons. The Kier molecular flexibility index (Phi) is 5.14. The van der Waals surface area contributed by atoms with Crippen molar-refractivity contribution < 1.29 is 4.79 Å². The molecule has 1 unspecified atom stereocenters. The summed E-state index contributed by atoms with van der Waals surface area (Å²) in [5.41, 5.74) is 6.51. The summed E-state index contributed by atoms with van der Waals surface area (Å²) in [7, 11) is 0. The predicted molar refractivity (Wildman–Crippen MR) is 79.1 cm³/mol. The number of likely N-dealkylation sites (tertiary alicyclic amines) is 1. The Morgan fingerprint density at radius 3 is 3.15 bits per heavy atom. The lowest BCUT2D eigenvalue weighted by molar-refractivity contribution is 0.0754. The molecule has 0 aromatic carbocycles. The number of nitrogens with zero attached hydrogens (tertiary/aromatic N) is 2. The van der Waals surface area contributed by atoms with Crippen LogP contribution in [0, 0.1) is 17.8 Å². The zero-order valence-corrected chi connectivity index (χ0v) is 11.9. The van der Waals surface area contributed by atoms with Crippen molar-refractivity contribution in [1.29, 1.82) is 0 Å². The molecule has 4 nitrogen and oxygen atoms in total. The number of amides is 1. The first kappa shape index (κ1) is 14.5. The van der Waals surface area contributed by atoms with Crippen LogP contribution in [0.15, 0.2) is 18.3 Å². The van der Waals surface area contributed by atoms with E-state index in [1.807, 2.05) is 11.0 Å². The van der Waals surface area contributed by atoms with E-state index in [-0.39, 0.29) is 12.5 Å². The number of aromatic nitrogens is 1. The van der Waals surface area contributed by atoms with Crippen molar-refractivity contribution >= 4 is 5.91 Å². The molecule has 1 aromatic rings. The summed E-state index contributed by atoms with van der Waals surface area (Å²) in [6, 6.07) is 3.62. The third-order valence-corrected chi connectivity index (χ3v) is 3.64. The van der Waals surface area contributed by atoms with Crippen molar-refractivity contribution in [1.82, 2.24) is 9.88 Å². The molecule has 1 aromatic heterocycles. The van der Waals surface area contributed by atoms with Crippen LogP contribution in [0.4, 0.5) is 0 Å². The molecule has 1 aliphatic rings. The first-order valence-electron chi connectivity index (χ1n) is 7.15. The maximum absolute atomic E-state index is 12.6. The van der Waals surface area contributed by atoms with Gasteiger partial charge in [-0.2, -0.15) is 0 Å². The second-order valence-corrected chi connectivity index (χ2v) is 5.23. The van der Waals surface area contributed by atoms with E-state index in [4.69, 9.17) is 5.73 Å². The van der Waals surface area contributed by atoms with Gasteiger partial charge in [0.25, 0.3) is 5.91 Å². The van der Waals surface area contributed by atoms with Crippen LogP contribution in [0.2, 0.25) is 0 Å². The lowest BCUT2D eigenvalue weighted by atomic mass is 10.0. The number of hydrogen-bond acceptors (Lipinski definition) is 3. The van der Waals surface area contributed by atoms with Crippen LogP contribution in [-0.4, -0.2) is 35.4 Å². The highest BCUT2D eigenvalue weighted by molar-refractivity contribution is 5.94. The maximum Gasteiger partial charge on any atom is 0.273 e. The third kappa shape index (κ3) is 3.58. The van der Waals surface area contributed by atoms with E-state index in [1.165, 1.54) is 6.42 Å². The van der Waals surface area contributed by atoms with Gasteiger partial charge in [-0.05, 0) is 37.3 Å². The summed E-state index contributed by atoms with van der Waals surface area (Å²) in [6.07, 6.45) is 4.94. The van der Waals surface area contributed by atoms with Crippen molar-refractivity contribution in [2.24, 2.45) is 11.7 Å². The molecule has 1 amide bonds. The largest absolute Gasteiger partial charge is 0.337 e. The summed E-state index contributed by atoms with van der Waals surface area (Å²) in [4.78, 5) is 18.7. The first-order valence-corrected chi connectivity index (χ1v) is 7.15. The zero-order valence-electron chi connectivity index (χ0n) is 11.9. The van der Waals surface area contributed by atoms with Crippen LogP contribution in [0.25, 0.3) is 0 Å². The summed E-state index contributed by atoms with van der Waals surface area (Å²) in [5, 5.41) is 0. The van der Waals surface area contributed by atoms with Gasteiger partial charge in [0.05, 0.1) is 12.1 Å². The zero-order chi connectivity index (χ0) is 14.4. The smallest absolute Gasteiger partial charge is 0.273 e. The lowest BCUT2D eigenvalue weighted by Gasteiger charge is -2.20. The summed E-state index contributed by atoms with van der Waals surface area (Å²) < 4.78 is 0. The minimum atomic E-state index is -0.0129. The topological polar surface area (TPSA) is 59.2 Å². The lowest BCUT2D eigenvalue weighted by Crippen LogP contribution is -2.33. The van der Waals surface area contributed by atoms with Crippen molar-refractivity contribution in [3.05, 3.63) is 29.6 Å². The van der Waals surface area contributed by atoms with E-state index in [0.29, 0.717) is 17.2 Å². The van der Waals surface area contributed by atoms with Gasteiger partial charge in [0.1, 0.15) is 5.69 Å². The first-order chi connectivity index (χ1) is 9.72. The molecule has 0 aliphatic carbocycles. The second kappa shape index (κ2) is 7.06. The monoisotopic (exact) mass is 271 g/mol. The number of rotatable bonds is 1. The van der Waals surface area contributed by atoms with E-state index in [0.717, 1.165) is 25.9 Å². The highest BCUT2D eigenvalue weighted by Gasteiger charge is 2.22. The SMILES string of the molecule is CC1CCCN(C(=O)c2ncccc2C#CCN)CC1. The average molecular weight is 271 g/mol. The van der Waals surface area contributed by atoms with Crippen molar-refractivity contribution in [2.75, 3.05) is 19.6 Å². The molecule has 1 aliphatic heterocycles. The molecule has 1 atom stereocenters. The van der Waals surface area contributed by atoms with Crippen molar-refractivity contribution in [3.8, 4) is 11.8 Å². The fourth-order valence-electron chi connectivity index (χ4n) is 2.44. The van der Waals surface area contributed by atoms with Gasteiger partial charge < -0.3 is 10.6 Å². The third-order valence-electron chi connectivity index (χ3n) is 3.64. The van der Waals surface area contributed by atoms with Crippen LogP contribution in [0.5, 0.6) is 0 Å². The van der Waals surface area contributed by atoms with Gasteiger partial charge >= 0.3 is 0 Å². The molecule has 0 bridgehead atoms. The molecule has 2 heterocycles. The highest BCUT2D eigenvalue weighted by atomic mass is 16.2. The van der Waals surface area contributed by atoms with Gasteiger partial charge in [0.2, 0.25) is 0 Å². The molecule has 0 spiro atoms. The van der Waals surface area contributed by atoms with Crippen LogP contribution in [0.1, 0.15) is 42.2 Å². The van der Waals surface area contributed by atoms with Crippen LogP contribution < -0.4 is 5.73 Å². The van der Waals surface area contributed by atoms with Gasteiger partial charge in [-0.25, -0.2) is 4.98 Å². The van der Waals surface area contributed by atoms with Crippen LogP contribution in [-0.2, 0) is 0 Å². The minimum Gasteiger partial charge on any atom is -0.337 e. The van der Waals surface area contributed by atoms with E-state index in [2.05, 4.69) is 23.7 Å².